The molecular formula is C18H18INO3S. The van der Waals surface area contributed by atoms with Crippen molar-refractivity contribution in [1.29, 1.82) is 0 Å². The van der Waals surface area contributed by atoms with Gasteiger partial charge in [-0.25, -0.2) is 8.42 Å². The van der Waals surface area contributed by atoms with Crippen molar-refractivity contribution in [2.75, 3.05) is 5.32 Å². The third-order valence-electron chi connectivity index (χ3n) is 4.28. The van der Waals surface area contributed by atoms with E-state index in [1.807, 2.05) is 12.1 Å². The molecule has 1 aliphatic rings. The first-order chi connectivity index (χ1) is 11.5. The molecule has 0 atom stereocenters. The molecule has 2 aromatic rings. The van der Waals surface area contributed by atoms with E-state index in [0.29, 0.717) is 11.3 Å². The summed E-state index contributed by atoms with van der Waals surface area (Å²) in [4.78, 5) is 12.7. The molecule has 1 N–H and O–H groups in total. The third kappa shape index (κ3) is 3.64. The fourth-order valence-corrected chi connectivity index (χ4v) is 5.52. The van der Waals surface area contributed by atoms with E-state index in [2.05, 4.69) is 27.9 Å². The average molecular weight is 455 g/mol. The molecule has 0 aliphatic heterocycles. The summed E-state index contributed by atoms with van der Waals surface area (Å²) < 4.78 is 26.2. The minimum absolute atomic E-state index is 0.240. The van der Waals surface area contributed by atoms with Crippen LogP contribution in [0.5, 0.6) is 0 Å². The fraction of sp³-hybridized carbons (Fsp3) is 0.278. The summed E-state index contributed by atoms with van der Waals surface area (Å²) in [5.41, 5.74) is 1.07. The molecule has 6 heteroatoms. The Hall–Kier alpha value is -1.41. The smallest absolute Gasteiger partial charge is 0.256 e. The number of carbonyl (C=O) groups excluding carboxylic acids is 1. The molecule has 2 aromatic carbocycles. The highest BCUT2D eigenvalue weighted by Gasteiger charge is 2.30. The summed E-state index contributed by atoms with van der Waals surface area (Å²) >= 11 is 2.11. The summed E-state index contributed by atoms with van der Waals surface area (Å²) in [5, 5.41) is 2.50. The highest BCUT2D eigenvalue weighted by atomic mass is 127. The van der Waals surface area contributed by atoms with E-state index < -0.39 is 9.84 Å². The van der Waals surface area contributed by atoms with Crippen LogP contribution in [-0.2, 0) is 9.84 Å². The lowest BCUT2D eigenvalue weighted by atomic mass is 10.2. The van der Waals surface area contributed by atoms with Gasteiger partial charge in [0.2, 0.25) is 0 Å². The van der Waals surface area contributed by atoms with Crippen LogP contribution in [0.2, 0.25) is 0 Å². The van der Waals surface area contributed by atoms with Gasteiger partial charge >= 0.3 is 0 Å². The van der Waals surface area contributed by atoms with Gasteiger partial charge in [-0.3, -0.25) is 4.79 Å². The van der Waals surface area contributed by atoms with Gasteiger partial charge in [0, 0.05) is 9.26 Å². The number of sulfone groups is 1. The van der Waals surface area contributed by atoms with Gasteiger partial charge in [-0.05, 0) is 65.8 Å². The predicted molar refractivity (Wildman–Crippen MR) is 103 cm³/mol. The highest BCUT2D eigenvalue weighted by molar-refractivity contribution is 14.1. The standard InChI is InChI=1S/C18H18INO3S/c19-17-11-4-3-10-16(17)18(21)20-13-6-5-9-15(12-13)24(22,23)14-7-1-2-8-14/h3-6,9-12,14H,1-2,7-8H2,(H,20,21). The van der Waals surface area contributed by atoms with E-state index in [1.54, 1.807) is 36.4 Å². The maximum Gasteiger partial charge on any atom is 0.256 e. The summed E-state index contributed by atoms with van der Waals surface area (Å²) in [6.07, 6.45) is 3.38. The van der Waals surface area contributed by atoms with Crippen molar-refractivity contribution in [2.24, 2.45) is 0 Å². The topological polar surface area (TPSA) is 63.2 Å². The first kappa shape index (κ1) is 17.4. The normalized spacial score (nSPS) is 15.4. The first-order valence-electron chi connectivity index (χ1n) is 7.88. The van der Waals surface area contributed by atoms with Crippen LogP contribution in [-0.4, -0.2) is 19.6 Å². The number of nitrogens with one attached hydrogen (secondary N) is 1. The van der Waals surface area contributed by atoms with Crippen LogP contribution in [0.15, 0.2) is 53.4 Å². The second kappa shape index (κ2) is 7.23. The van der Waals surface area contributed by atoms with Crippen LogP contribution in [0.25, 0.3) is 0 Å². The highest BCUT2D eigenvalue weighted by Crippen LogP contribution is 2.30. The minimum atomic E-state index is -3.32. The lowest BCUT2D eigenvalue weighted by Crippen LogP contribution is -2.18. The van der Waals surface area contributed by atoms with Gasteiger partial charge in [0.15, 0.2) is 9.84 Å². The number of carbonyl (C=O) groups is 1. The van der Waals surface area contributed by atoms with Gasteiger partial charge in [0.05, 0.1) is 15.7 Å². The predicted octanol–water partition coefficient (Wildman–Crippen LogP) is 4.26. The zero-order chi connectivity index (χ0) is 17.2. The van der Waals surface area contributed by atoms with Crippen LogP contribution in [0.3, 0.4) is 0 Å². The van der Waals surface area contributed by atoms with E-state index in [9.17, 15) is 13.2 Å². The monoisotopic (exact) mass is 455 g/mol. The molecule has 24 heavy (non-hydrogen) atoms. The van der Waals surface area contributed by atoms with Crippen LogP contribution in [0.4, 0.5) is 5.69 Å². The molecule has 1 fully saturated rings. The molecule has 0 unspecified atom stereocenters. The molecule has 0 spiro atoms. The number of hydrogen-bond donors (Lipinski definition) is 1. The molecule has 0 aromatic heterocycles. The van der Waals surface area contributed by atoms with E-state index >= 15 is 0 Å². The number of anilines is 1. The quantitative estimate of drug-likeness (QED) is 0.701. The van der Waals surface area contributed by atoms with Crippen LogP contribution >= 0.6 is 22.6 Å². The van der Waals surface area contributed by atoms with Gasteiger partial charge < -0.3 is 5.32 Å². The van der Waals surface area contributed by atoms with Crippen LogP contribution in [0, 0.1) is 3.57 Å². The van der Waals surface area contributed by atoms with Crippen molar-refractivity contribution in [3.63, 3.8) is 0 Å². The number of amides is 1. The van der Waals surface area contributed by atoms with Crippen molar-refractivity contribution in [3.8, 4) is 0 Å². The largest absolute Gasteiger partial charge is 0.322 e. The van der Waals surface area contributed by atoms with Gasteiger partial charge in [0.1, 0.15) is 0 Å². The fourth-order valence-electron chi connectivity index (χ4n) is 2.99. The van der Waals surface area contributed by atoms with E-state index in [-0.39, 0.29) is 16.1 Å². The Bertz CT molecular complexity index is 858. The van der Waals surface area contributed by atoms with Crippen molar-refractivity contribution in [2.45, 2.75) is 35.8 Å². The Labute approximate surface area is 155 Å². The Kier molecular flexibility index (Phi) is 5.24. The van der Waals surface area contributed by atoms with E-state index in [1.165, 1.54) is 0 Å². The molecule has 0 bridgehead atoms. The summed E-state index contributed by atoms with van der Waals surface area (Å²) in [6.45, 7) is 0. The van der Waals surface area contributed by atoms with Crippen LogP contribution < -0.4 is 5.32 Å². The Balaban J connectivity index is 1.83. The number of benzene rings is 2. The van der Waals surface area contributed by atoms with Gasteiger partial charge in [-0.15, -0.1) is 0 Å². The first-order valence-corrected chi connectivity index (χ1v) is 10.5. The molecule has 1 saturated carbocycles. The minimum Gasteiger partial charge on any atom is -0.322 e. The van der Waals surface area contributed by atoms with E-state index in [0.717, 1.165) is 29.3 Å². The van der Waals surface area contributed by atoms with Crippen molar-refractivity contribution in [1.82, 2.24) is 0 Å². The molecule has 1 amide bonds. The summed E-state index contributed by atoms with van der Waals surface area (Å²) in [5.74, 6) is -0.240. The number of hydrogen-bond acceptors (Lipinski definition) is 3. The number of rotatable bonds is 4. The Morgan fingerprint density at radius 2 is 1.75 bits per heavy atom. The molecule has 1 aliphatic carbocycles. The Morgan fingerprint density at radius 1 is 1.04 bits per heavy atom. The van der Waals surface area contributed by atoms with Crippen molar-refractivity contribution >= 4 is 44.0 Å². The number of halogens is 1. The van der Waals surface area contributed by atoms with E-state index in [4.69, 9.17) is 0 Å². The molecule has 0 saturated heterocycles. The summed E-state index contributed by atoms with van der Waals surface area (Å²) in [7, 11) is -3.32. The van der Waals surface area contributed by atoms with Gasteiger partial charge in [0.25, 0.3) is 5.91 Å². The molecule has 3 rings (SSSR count). The SMILES string of the molecule is O=C(Nc1cccc(S(=O)(=O)C2CCCC2)c1)c1ccccc1I. The van der Waals surface area contributed by atoms with Crippen molar-refractivity contribution in [3.05, 3.63) is 57.7 Å². The van der Waals surface area contributed by atoms with Gasteiger partial charge in [-0.2, -0.15) is 0 Å². The maximum atomic E-state index is 12.7. The summed E-state index contributed by atoms with van der Waals surface area (Å²) in [6, 6.07) is 13.8. The molecular weight excluding hydrogens is 437 g/mol. The Morgan fingerprint density at radius 3 is 2.46 bits per heavy atom. The van der Waals surface area contributed by atoms with Gasteiger partial charge in [-0.1, -0.05) is 31.0 Å². The van der Waals surface area contributed by atoms with Crippen LogP contribution in [0.1, 0.15) is 36.0 Å². The molecule has 4 nitrogen and oxygen atoms in total. The molecule has 0 heterocycles. The maximum absolute atomic E-state index is 12.7. The molecule has 126 valence electrons. The lowest BCUT2D eigenvalue weighted by molar-refractivity contribution is 0.102. The zero-order valence-electron chi connectivity index (χ0n) is 13.0. The zero-order valence-corrected chi connectivity index (χ0v) is 16.0. The molecule has 0 radical (unpaired) electrons. The second-order valence-corrected chi connectivity index (χ2v) is 9.30. The lowest BCUT2D eigenvalue weighted by Gasteiger charge is -2.13. The van der Waals surface area contributed by atoms with Crippen molar-refractivity contribution < 1.29 is 13.2 Å². The average Bonchev–Trinajstić information content (AvgIpc) is 3.11. The third-order valence-corrected chi connectivity index (χ3v) is 7.48. The second-order valence-electron chi connectivity index (χ2n) is 5.91.